The van der Waals surface area contributed by atoms with E-state index in [0.717, 1.165) is 23.7 Å². The monoisotopic (exact) mass is 900 g/mol. The first kappa shape index (κ1) is 41.6. The van der Waals surface area contributed by atoms with Gasteiger partial charge in [-0.25, -0.2) is 34.2 Å². The third-order valence-corrected chi connectivity index (χ3v) is 15.5. The summed E-state index contributed by atoms with van der Waals surface area (Å²) in [5, 5.41) is 16.9. The van der Waals surface area contributed by atoms with Crippen LogP contribution in [-0.4, -0.2) is 94.7 Å². The molecule has 7 heterocycles. The molecule has 7 aromatic rings. The zero-order chi connectivity index (χ0) is 45.3. The van der Waals surface area contributed by atoms with Gasteiger partial charge in [-0.1, -0.05) is 13.0 Å². The van der Waals surface area contributed by atoms with Crippen LogP contribution in [0.4, 0.5) is 4.39 Å². The second-order valence-corrected chi connectivity index (χ2v) is 21.7. The fourth-order valence-electron chi connectivity index (χ4n) is 10.6. The molecule has 1 aliphatic carbocycles. The molecule has 4 aromatic heterocycles. The number of aliphatic imine (C=N–C) groups is 1. The van der Waals surface area contributed by atoms with E-state index >= 15 is 9.18 Å². The van der Waals surface area contributed by atoms with Crippen LogP contribution >= 0.6 is 7.14 Å². The third kappa shape index (κ3) is 6.49. The molecule has 0 bridgehead atoms. The Morgan fingerprint density at radius 3 is 2.43 bits per heavy atom. The molecule has 1 amide bonds. The van der Waals surface area contributed by atoms with Gasteiger partial charge in [0.2, 0.25) is 0 Å². The number of halogens is 1. The first-order valence-electron chi connectivity index (χ1n) is 22.1. The minimum Gasteiger partial charge on any atom is -0.381 e. The van der Waals surface area contributed by atoms with Gasteiger partial charge in [0.05, 0.1) is 40.5 Å². The molecule has 3 aromatic carbocycles. The van der Waals surface area contributed by atoms with Crippen LogP contribution in [0.1, 0.15) is 83.5 Å². The standard InChI is InChI=1S/C47H50FN10O6P/c1-25-17-33(18-26(2)40(25)48)58-42(56-14-13-55(46(56)61)32-21-35-41(50-24-49-35)38(22-32)65(5,6)62)39-28(4)54(12-9-34(39)52-58)43(59)37-20-31-19-30(29-10-15-63-16-11-29)7-8-36(31)57(37)47(23-27(47)3)44-51-45(60)64-53-44/h7-8,13-14,17-22,24,27-29,45,60H,9-12,15-16,23H2,1-6H3,(H,49,50)(H,51,53)/t27-,28-,45?,47-/m0/s1. The van der Waals surface area contributed by atoms with Crippen LogP contribution < -0.4 is 16.5 Å². The molecule has 1 unspecified atom stereocenters. The van der Waals surface area contributed by atoms with Crippen LogP contribution in [0.15, 0.2) is 77.0 Å². The van der Waals surface area contributed by atoms with Gasteiger partial charge in [0.1, 0.15) is 30.0 Å². The Hall–Kier alpha value is -6.13. The van der Waals surface area contributed by atoms with Gasteiger partial charge < -0.3 is 28.9 Å². The first-order valence-corrected chi connectivity index (χ1v) is 24.7. The summed E-state index contributed by atoms with van der Waals surface area (Å²) < 4.78 is 41.1. The third-order valence-electron chi connectivity index (χ3n) is 14.0. The number of carbonyl (C=O) groups is 1. The maximum atomic E-state index is 15.5. The predicted octanol–water partition coefficient (Wildman–Crippen LogP) is 6.25. The van der Waals surface area contributed by atoms with E-state index in [0.29, 0.717) is 106 Å². The van der Waals surface area contributed by atoms with Crippen molar-refractivity contribution < 1.29 is 28.4 Å². The summed E-state index contributed by atoms with van der Waals surface area (Å²) in [6.45, 7) is 12.5. The van der Waals surface area contributed by atoms with Crippen LogP contribution in [0.5, 0.6) is 0 Å². The van der Waals surface area contributed by atoms with Crippen molar-refractivity contribution in [2.24, 2.45) is 10.9 Å². The Balaban J connectivity index is 1.06. The second kappa shape index (κ2) is 15.0. The maximum Gasteiger partial charge on any atom is 0.338 e. The number of aliphatic hydroxyl groups excluding tert-OH is 1. The van der Waals surface area contributed by atoms with Gasteiger partial charge in [-0.3, -0.25) is 13.9 Å². The van der Waals surface area contributed by atoms with Crippen LogP contribution in [0.3, 0.4) is 0 Å². The van der Waals surface area contributed by atoms with Crippen LogP contribution in [0.25, 0.3) is 39.1 Å². The van der Waals surface area contributed by atoms with Gasteiger partial charge in [0.25, 0.3) is 12.3 Å². The highest BCUT2D eigenvalue weighted by molar-refractivity contribution is 7.70. The summed E-state index contributed by atoms with van der Waals surface area (Å²) in [6, 6.07) is 14.8. The number of aromatic nitrogens is 7. The van der Waals surface area contributed by atoms with E-state index in [1.807, 2.05) is 17.9 Å². The molecule has 1 saturated carbocycles. The number of imidazole rings is 2. The summed E-state index contributed by atoms with van der Waals surface area (Å²) in [7, 11) is -2.82. The number of hydroxylamine groups is 1. The number of nitrogens with one attached hydrogen (secondary N) is 2. The van der Waals surface area contributed by atoms with Crippen molar-refractivity contribution in [1.82, 2.24) is 43.8 Å². The van der Waals surface area contributed by atoms with Crippen molar-refractivity contribution in [3.8, 4) is 17.2 Å². The summed E-state index contributed by atoms with van der Waals surface area (Å²) in [4.78, 5) is 49.5. The Kier molecular flexibility index (Phi) is 9.56. The SMILES string of the molecule is Cc1cc(-n2nc3c(c2-n2ccn(-c4cc(P(C)(C)=O)c5nc[nH]c5c4)c2=O)[C@H](C)N(C(=O)c2cc4cc(C5CCOCC5)ccc4n2[C@@]2(C4=NC(O)ON4)C[C@@H]2C)CC3)cc(C)c1F. The number of carbonyl (C=O) groups excluding carboxylic acids is 1. The number of rotatable bonds is 8. The highest BCUT2D eigenvalue weighted by Crippen LogP contribution is 2.54. The minimum atomic E-state index is -2.82. The van der Waals surface area contributed by atoms with Gasteiger partial charge in [-0.15, -0.1) is 0 Å². The van der Waals surface area contributed by atoms with E-state index in [1.54, 1.807) is 74.8 Å². The number of hydrogen-bond acceptors (Lipinski definition) is 10. The number of nitrogens with zero attached hydrogens (tertiary/aromatic N) is 8. The second-order valence-electron chi connectivity index (χ2n) is 18.5. The van der Waals surface area contributed by atoms with Crippen LogP contribution in [0, 0.1) is 25.6 Å². The molecular formula is C47H50FN10O6P. The summed E-state index contributed by atoms with van der Waals surface area (Å²) in [5.41, 5.74) is 8.72. The number of amides is 1. The number of fused-ring (bicyclic) bond motifs is 3. The molecule has 4 aliphatic rings. The predicted molar refractivity (Wildman–Crippen MR) is 244 cm³/mol. The zero-order valence-corrected chi connectivity index (χ0v) is 37.9. The lowest BCUT2D eigenvalue weighted by molar-refractivity contribution is -0.103. The van der Waals surface area contributed by atoms with E-state index in [2.05, 4.69) is 50.1 Å². The molecule has 65 heavy (non-hydrogen) atoms. The maximum absolute atomic E-state index is 15.5. The topological polar surface area (TPSA) is 179 Å². The lowest BCUT2D eigenvalue weighted by atomic mass is 9.91. The Bertz CT molecular complexity index is 3230. The molecule has 1 saturated heterocycles. The molecule has 16 nitrogen and oxygen atoms in total. The Morgan fingerprint density at radius 1 is 1.00 bits per heavy atom. The highest BCUT2D eigenvalue weighted by Gasteiger charge is 2.60. The molecule has 3 aliphatic heterocycles. The average molecular weight is 901 g/mol. The lowest BCUT2D eigenvalue weighted by Crippen LogP contribution is -2.43. The summed E-state index contributed by atoms with van der Waals surface area (Å²) in [6.07, 6.45) is 6.38. The normalized spacial score (nSPS) is 22.4. The number of aryl methyl sites for hydroxylation is 2. The molecule has 4 atom stereocenters. The number of hydrogen-bond donors (Lipinski definition) is 3. The van der Waals surface area contributed by atoms with Crippen LogP contribution in [-0.2, 0) is 26.1 Å². The van der Waals surface area contributed by atoms with Crippen molar-refractivity contribution in [3.63, 3.8) is 0 Å². The molecule has 18 heteroatoms. The number of benzene rings is 3. The molecule has 0 radical (unpaired) electrons. The van der Waals surface area contributed by atoms with E-state index in [1.165, 1.54) is 14.7 Å². The van der Waals surface area contributed by atoms with E-state index in [4.69, 9.17) is 14.7 Å². The molecule has 11 rings (SSSR count). The van der Waals surface area contributed by atoms with E-state index in [-0.39, 0.29) is 17.6 Å². The molecule has 336 valence electrons. The van der Waals surface area contributed by atoms with Crippen molar-refractivity contribution in [1.29, 1.82) is 0 Å². The fourth-order valence-corrected chi connectivity index (χ4v) is 11.7. The van der Waals surface area contributed by atoms with Crippen molar-refractivity contribution >= 4 is 46.1 Å². The molecular weight excluding hydrogens is 851 g/mol. The number of aromatic amines is 1. The summed E-state index contributed by atoms with van der Waals surface area (Å²) in [5.74, 6) is 0.734. The van der Waals surface area contributed by atoms with Gasteiger partial charge in [-0.05, 0) is 124 Å². The lowest BCUT2D eigenvalue weighted by Gasteiger charge is -2.34. The fraction of sp³-hybridized carbons (Fsp3) is 0.383. The molecule has 3 N–H and O–H groups in total. The number of ether oxygens (including phenoxy) is 1. The quantitative estimate of drug-likeness (QED) is 0.149. The zero-order valence-electron chi connectivity index (χ0n) is 37.0. The summed E-state index contributed by atoms with van der Waals surface area (Å²) >= 11 is 0. The number of H-pyrrole nitrogens is 1. The Morgan fingerprint density at radius 2 is 1.74 bits per heavy atom. The Labute approximate surface area is 373 Å². The van der Waals surface area contributed by atoms with Gasteiger partial charge in [-0.2, -0.15) is 5.10 Å². The van der Waals surface area contributed by atoms with E-state index in [9.17, 15) is 14.5 Å². The van der Waals surface area contributed by atoms with Gasteiger partial charge >= 0.3 is 5.69 Å². The van der Waals surface area contributed by atoms with Gasteiger partial charge in [0.15, 0.2) is 5.84 Å². The van der Waals surface area contributed by atoms with Crippen molar-refractivity contribution in [2.45, 2.75) is 77.3 Å². The molecule has 2 fully saturated rings. The van der Waals surface area contributed by atoms with Crippen LogP contribution in [0.2, 0.25) is 0 Å². The number of aliphatic hydroxyl groups is 1. The largest absolute Gasteiger partial charge is 0.381 e. The first-order chi connectivity index (χ1) is 31.1. The minimum absolute atomic E-state index is 0.0559. The van der Waals surface area contributed by atoms with Gasteiger partial charge in [0, 0.05) is 60.3 Å². The van der Waals surface area contributed by atoms with E-state index < -0.39 is 30.8 Å². The highest BCUT2D eigenvalue weighted by atomic mass is 31.2. The smallest absolute Gasteiger partial charge is 0.338 e. The molecule has 0 spiro atoms. The van der Waals surface area contributed by atoms with Crippen molar-refractivity contribution in [3.05, 3.63) is 117 Å². The average Bonchev–Trinajstić information content (AvgIpc) is 3.96. The number of amidine groups is 1. The van der Waals surface area contributed by atoms with Crippen molar-refractivity contribution in [2.75, 3.05) is 33.1 Å².